The summed E-state index contributed by atoms with van der Waals surface area (Å²) < 4.78 is 4.08. The van der Waals surface area contributed by atoms with Crippen LogP contribution in [-0.2, 0) is 17.9 Å². The van der Waals surface area contributed by atoms with Crippen LogP contribution < -0.4 is 0 Å². The predicted octanol–water partition coefficient (Wildman–Crippen LogP) is 2.02. The van der Waals surface area contributed by atoms with E-state index >= 15 is 0 Å². The highest BCUT2D eigenvalue weighted by Crippen LogP contribution is 2.30. The number of rotatable bonds is 3. The van der Waals surface area contributed by atoms with Crippen LogP contribution in [0.5, 0.6) is 0 Å². The van der Waals surface area contributed by atoms with Crippen molar-refractivity contribution in [3.63, 3.8) is 0 Å². The van der Waals surface area contributed by atoms with E-state index in [2.05, 4.69) is 28.4 Å². The van der Waals surface area contributed by atoms with Crippen LogP contribution in [0.4, 0.5) is 0 Å². The van der Waals surface area contributed by atoms with Gasteiger partial charge in [0.15, 0.2) is 0 Å². The molecule has 3 rings (SSSR count). The zero-order valence-electron chi connectivity index (χ0n) is 13.4. The van der Waals surface area contributed by atoms with E-state index in [1.807, 2.05) is 35.0 Å². The highest BCUT2D eigenvalue weighted by atomic mass is 16.2. The smallest absolute Gasteiger partial charge is 0.243 e. The fraction of sp³-hybridized carbons (Fsp3) is 0.562. The molecule has 22 heavy (non-hydrogen) atoms. The minimum atomic E-state index is 0.0360. The summed E-state index contributed by atoms with van der Waals surface area (Å²) in [6.45, 7) is 8.26. The molecule has 0 spiro atoms. The van der Waals surface area contributed by atoms with Crippen LogP contribution in [0.15, 0.2) is 24.8 Å². The van der Waals surface area contributed by atoms with E-state index in [0.717, 1.165) is 31.2 Å². The van der Waals surface area contributed by atoms with Gasteiger partial charge in [0.25, 0.3) is 0 Å². The first kappa shape index (κ1) is 14.8. The number of aromatic nitrogens is 4. The Hall–Kier alpha value is -2.11. The van der Waals surface area contributed by atoms with Gasteiger partial charge in [0.05, 0.1) is 6.04 Å². The second-order valence-corrected chi connectivity index (χ2v) is 6.21. The zero-order chi connectivity index (χ0) is 15.7. The lowest BCUT2D eigenvalue weighted by atomic mass is 10.0. The third-order valence-corrected chi connectivity index (χ3v) is 4.33. The van der Waals surface area contributed by atoms with E-state index in [0.29, 0.717) is 12.5 Å². The number of carbonyl (C=O) groups excluding carboxylic acids is 1. The number of amides is 1. The molecule has 0 radical (unpaired) electrons. The molecule has 2 aromatic heterocycles. The summed E-state index contributed by atoms with van der Waals surface area (Å²) >= 11 is 0. The van der Waals surface area contributed by atoms with Gasteiger partial charge in [-0.2, -0.15) is 0 Å². The Morgan fingerprint density at radius 2 is 2.05 bits per heavy atom. The van der Waals surface area contributed by atoms with Crippen LogP contribution in [0.1, 0.15) is 38.0 Å². The molecule has 6 heteroatoms. The Bertz CT molecular complexity index is 657. The molecule has 0 N–H and O–H groups in total. The molecule has 1 unspecified atom stereocenters. The normalized spacial score (nSPS) is 18.4. The van der Waals surface area contributed by atoms with Gasteiger partial charge in [0.1, 0.15) is 18.2 Å². The van der Waals surface area contributed by atoms with Crippen LogP contribution >= 0.6 is 0 Å². The standard InChI is InChI=1S/C16H23N5O/c1-12(2)15-16-18-6-9-19(16)7-4-8-21(15)14(22)11-20-10-5-17-13(20)3/h5-6,9-10,12,15H,4,7-8,11H2,1-3H3. The number of nitrogens with zero attached hydrogens (tertiary/aromatic N) is 5. The predicted molar refractivity (Wildman–Crippen MR) is 83.1 cm³/mol. The Kier molecular flexibility index (Phi) is 4.00. The maximum absolute atomic E-state index is 12.9. The summed E-state index contributed by atoms with van der Waals surface area (Å²) in [7, 11) is 0. The summed E-state index contributed by atoms with van der Waals surface area (Å²) in [5.41, 5.74) is 0. The maximum atomic E-state index is 12.9. The first-order valence-corrected chi connectivity index (χ1v) is 7.86. The number of carbonyl (C=O) groups is 1. The molecular formula is C16H23N5O. The van der Waals surface area contributed by atoms with Crippen molar-refractivity contribution in [2.75, 3.05) is 6.54 Å². The van der Waals surface area contributed by atoms with Crippen LogP contribution in [-0.4, -0.2) is 36.5 Å². The summed E-state index contributed by atoms with van der Waals surface area (Å²) in [6.07, 6.45) is 8.40. The number of hydrogen-bond donors (Lipinski definition) is 0. The van der Waals surface area contributed by atoms with Crippen molar-refractivity contribution in [2.45, 2.75) is 46.3 Å². The number of fused-ring (bicyclic) bond motifs is 1. The lowest BCUT2D eigenvalue weighted by Crippen LogP contribution is -2.39. The van der Waals surface area contributed by atoms with Crippen LogP contribution in [0.2, 0.25) is 0 Å². The summed E-state index contributed by atoms with van der Waals surface area (Å²) in [4.78, 5) is 23.6. The lowest BCUT2D eigenvalue weighted by molar-refractivity contribution is -0.135. The minimum absolute atomic E-state index is 0.0360. The molecule has 6 nitrogen and oxygen atoms in total. The molecule has 0 fully saturated rings. The third-order valence-electron chi connectivity index (χ3n) is 4.33. The Morgan fingerprint density at radius 1 is 1.27 bits per heavy atom. The van der Waals surface area contributed by atoms with Gasteiger partial charge in [0, 0.05) is 37.9 Å². The van der Waals surface area contributed by atoms with E-state index < -0.39 is 0 Å². The molecule has 0 aromatic carbocycles. The van der Waals surface area contributed by atoms with Gasteiger partial charge in [-0.25, -0.2) is 9.97 Å². The minimum Gasteiger partial charge on any atom is -0.333 e. The Labute approximate surface area is 130 Å². The van der Waals surface area contributed by atoms with Gasteiger partial charge in [-0.05, 0) is 19.3 Å². The number of imidazole rings is 2. The summed E-state index contributed by atoms with van der Waals surface area (Å²) in [5.74, 6) is 2.33. The topological polar surface area (TPSA) is 56.0 Å². The van der Waals surface area contributed by atoms with E-state index in [9.17, 15) is 4.79 Å². The van der Waals surface area contributed by atoms with Crippen molar-refractivity contribution >= 4 is 5.91 Å². The molecule has 0 saturated heterocycles. The van der Waals surface area contributed by atoms with Gasteiger partial charge in [-0.15, -0.1) is 0 Å². The van der Waals surface area contributed by atoms with Crippen molar-refractivity contribution in [3.05, 3.63) is 36.4 Å². The average Bonchev–Trinajstić information content (AvgIpc) is 3.03. The molecule has 118 valence electrons. The third kappa shape index (κ3) is 2.65. The van der Waals surface area contributed by atoms with Crippen molar-refractivity contribution in [1.82, 2.24) is 24.0 Å². The van der Waals surface area contributed by atoms with Crippen LogP contribution in [0.25, 0.3) is 0 Å². The van der Waals surface area contributed by atoms with Gasteiger partial charge in [-0.3, -0.25) is 4.79 Å². The second-order valence-electron chi connectivity index (χ2n) is 6.21. The highest BCUT2D eigenvalue weighted by molar-refractivity contribution is 5.76. The van der Waals surface area contributed by atoms with Crippen molar-refractivity contribution in [2.24, 2.45) is 5.92 Å². The van der Waals surface area contributed by atoms with E-state index in [1.165, 1.54) is 0 Å². The SMILES string of the molecule is Cc1nccn1CC(=O)N1CCCn2ccnc2C1C(C)C. The Morgan fingerprint density at radius 3 is 2.73 bits per heavy atom. The van der Waals surface area contributed by atoms with Gasteiger partial charge in [0.2, 0.25) is 5.91 Å². The fourth-order valence-corrected chi connectivity index (χ4v) is 3.21. The molecule has 0 bridgehead atoms. The molecule has 1 aliphatic heterocycles. The second kappa shape index (κ2) is 5.94. The molecule has 2 aromatic rings. The molecule has 0 aliphatic carbocycles. The molecule has 1 atom stereocenters. The lowest BCUT2D eigenvalue weighted by Gasteiger charge is -2.32. The van der Waals surface area contributed by atoms with Crippen molar-refractivity contribution in [1.29, 1.82) is 0 Å². The van der Waals surface area contributed by atoms with E-state index in [1.54, 1.807) is 6.20 Å². The van der Waals surface area contributed by atoms with Gasteiger partial charge >= 0.3 is 0 Å². The first-order chi connectivity index (χ1) is 10.6. The fourth-order valence-electron chi connectivity index (χ4n) is 3.21. The number of aryl methyl sites for hydroxylation is 2. The van der Waals surface area contributed by atoms with Crippen LogP contribution in [0, 0.1) is 12.8 Å². The van der Waals surface area contributed by atoms with Gasteiger partial charge < -0.3 is 14.0 Å². The molecule has 0 saturated carbocycles. The molecule has 1 amide bonds. The van der Waals surface area contributed by atoms with E-state index in [-0.39, 0.29) is 11.9 Å². The summed E-state index contributed by atoms with van der Waals surface area (Å²) in [5, 5.41) is 0. The summed E-state index contributed by atoms with van der Waals surface area (Å²) in [6, 6.07) is 0.0360. The zero-order valence-corrected chi connectivity index (χ0v) is 13.4. The van der Waals surface area contributed by atoms with Gasteiger partial charge in [-0.1, -0.05) is 13.8 Å². The highest BCUT2D eigenvalue weighted by Gasteiger charge is 2.32. The van der Waals surface area contributed by atoms with Crippen molar-refractivity contribution < 1.29 is 4.79 Å². The average molecular weight is 301 g/mol. The van der Waals surface area contributed by atoms with E-state index in [4.69, 9.17) is 0 Å². The quantitative estimate of drug-likeness (QED) is 0.871. The monoisotopic (exact) mass is 301 g/mol. The van der Waals surface area contributed by atoms with Crippen molar-refractivity contribution in [3.8, 4) is 0 Å². The number of hydrogen-bond acceptors (Lipinski definition) is 3. The molecule has 1 aliphatic rings. The maximum Gasteiger partial charge on any atom is 0.243 e. The Balaban J connectivity index is 1.87. The largest absolute Gasteiger partial charge is 0.333 e. The molecular weight excluding hydrogens is 278 g/mol. The molecule has 3 heterocycles. The first-order valence-electron chi connectivity index (χ1n) is 7.86. The van der Waals surface area contributed by atoms with Crippen LogP contribution in [0.3, 0.4) is 0 Å².